The van der Waals surface area contributed by atoms with Crippen molar-refractivity contribution in [1.82, 2.24) is 0 Å². The number of carbonyl (C=O) groups excluding carboxylic acids is 2. The maximum absolute atomic E-state index is 12.9. The van der Waals surface area contributed by atoms with Gasteiger partial charge in [0, 0.05) is 12.8 Å². The summed E-state index contributed by atoms with van der Waals surface area (Å²) < 4.78 is 22.9. The van der Waals surface area contributed by atoms with Gasteiger partial charge < -0.3 is 28.5 Å². The second-order valence-electron chi connectivity index (χ2n) is 21.6. The minimum atomic E-state index is -1.52. The Labute approximate surface area is 473 Å². The molecule has 2 atom stereocenters. The zero-order chi connectivity index (χ0) is 56.2. The first-order chi connectivity index (χ1) is 37.6. The summed E-state index contributed by atoms with van der Waals surface area (Å²) in [6, 6.07) is 0. The summed E-state index contributed by atoms with van der Waals surface area (Å²) in [7, 11) is 5.95. The third kappa shape index (κ3) is 59.5. The van der Waals surface area contributed by atoms with Crippen LogP contribution < -0.4 is 0 Å². The molecule has 0 spiro atoms. The molecular weight excluding hydrogens is 959 g/mol. The van der Waals surface area contributed by atoms with Crippen molar-refractivity contribution >= 4 is 17.9 Å². The topological polar surface area (TPSA) is 108 Å². The van der Waals surface area contributed by atoms with E-state index in [4.69, 9.17) is 18.9 Å². The van der Waals surface area contributed by atoms with Crippen LogP contribution in [0.25, 0.3) is 0 Å². The van der Waals surface area contributed by atoms with Crippen LogP contribution in [0.2, 0.25) is 0 Å². The van der Waals surface area contributed by atoms with Crippen molar-refractivity contribution in [3.8, 4) is 0 Å². The molecule has 0 aliphatic carbocycles. The van der Waals surface area contributed by atoms with E-state index in [-0.39, 0.29) is 38.6 Å². The van der Waals surface area contributed by atoms with E-state index in [1.165, 1.54) is 116 Å². The molecule has 9 nitrogen and oxygen atoms in total. The number of carboxylic acid groups (broad SMARTS) is 1. The predicted octanol–water partition coefficient (Wildman–Crippen LogP) is 18.7. The molecule has 9 heteroatoms. The minimum absolute atomic E-state index is 0.177. The number of nitrogens with zero attached hydrogens (tertiary/aromatic N) is 1. The van der Waals surface area contributed by atoms with Crippen LogP contribution in [0.3, 0.4) is 0 Å². The highest BCUT2D eigenvalue weighted by molar-refractivity contribution is 5.71. The van der Waals surface area contributed by atoms with Gasteiger partial charge in [0.25, 0.3) is 6.29 Å². The maximum Gasteiger partial charge on any atom is 0.361 e. The number of esters is 2. The number of carboxylic acids is 1. The zero-order valence-corrected chi connectivity index (χ0v) is 50.1. The van der Waals surface area contributed by atoms with Crippen LogP contribution in [0, 0.1) is 0 Å². The molecule has 0 heterocycles. The minimum Gasteiger partial charge on any atom is -0.477 e. The Bertz CT molecular complexity index is 1630. The number of aliphatic carboxylic acids is 1. The fourth-order valence-electron chi connectivity index (χ4n) is 8.26. The van der Waals surface area contributed by atoms with Gasteiger partial charge in [0.05, 0.1) is 34.4 Å². The molecule has 0 saturated heterocycles. The van der Waals surface area contributed by atoms with Crippen LogP contribution in [0.5, 0.6) is 0 Å². The number of hydrogen-bond donors (Lipinski definition) is 1. The second-order valence-corrected chi connectivity index (χ2v) is 21.6. The molecule has 0 aromatic rings. The van der Waals surface area contributed by atoms with Crippen LogP contribution in [0.15, 0.2) is 109 Å². The fourth-order valence-corrected chi connectivity index (χ4v) is 8.26. The fraction of sp³-hybridized carbons (Fsp3) is 0.691. The van der Waals surface area contributed by atoms with Gasteiger partial charge in [-0.25, -0.2) is 4.79 Å². The first kappa shape index (κ1) is 73.0. The highest BCUT2D eigenvalue weighted by atomic mass is 16.7. The van der Waals surface area contributed by atoms with Crippen molar-refractivity contribution in [2.24, 2.45) is 0 Å². The lowest BCUT2D eigenvalue weighted by atomic mass is 10.0. The number of quaternary nitrogens is 1. The van der Waals surface area contributed by atoms with Crippen molar-refractivity contribution in [3.63, 3.8) is 0 Å². The van der Waals surface area contributed by atoms with Gasteiger partial charge in [-0.1, -0.05) is 239 Å². The maximum atomic E-state index is 12.9. The Morgan fingerprint density at radius 3 is 1.10 bits per heavy atom. The Kier molecular flexibility index (Phi) is 55.1. The van der Waals surface area contributed by atoms with Crippen molar-refractivity contribution in [2.75, 3.05) is 47.5 Å². The largest absolute Gasteiger partial charge is 0.477 e. The number of unbranched alkanes of at least 4 members (excludes halogenated alkanes) is 23. The average molecular weight is 1080 g/mol. The van der Waals surface area contributed by atoms with Crippen LogP contribution in [0.4, 0.5) is 0 Å². The monoisotopic (exact) mass is 1070 g/mol. The molecule has 0 aliphatic heterocycles. The van der Waals surface area contributed by atoms with E-state index in [1.54, 1.807) is 0 Å². The highest BCUT2D eigenvalue weighted by Crippen LogP contribution is 2.16. The lowest BCUT2D eigenvalue weighted by Crippen LogP contribution is -2.40. The van der Waals surface area contributed by atoms with Gasteiger partial charge in [-0.15, -0.1) is 0 Å². The SMILES string of the molecule is CC/C=C\C/C=C\C/C=C\C/C=C\C/C=C\C/C=C\CCCCCCC(=O)OC(COC(=O)CCCCCCCCCCCCCCCC/C=C\C/C=C\C/C=C\CCCCCCC)COC(OCC[N+](C)(C)C)C(=O)O. The van der Waals surface area contributed by atoms with Crippen LogP contribution >= 0.6 is 0 Å². The smallest absolute Gasteiger partial charge is 0.361 e. The molecule has 0 radical (unpaired) electrons. The van der Waals surface area contributed by atoms with E-state index in [0.717, 1.165) is 96.3 Å². The number of carbonyl (C=O) groups is 3. The summed E-state index contributed by atoms with van der Waals surface area (Å²) in [5, 5.41) is 9.72. The van der Waals surface area contributed by atoms with Gasteiger partial charge in [-0.3, -0.25) is 9.59 Å². The van der Waals surface area contributed by atoms with Gasteiger partial charge in [0.2, 0.25) is 0 Å². The molecule has 0 saturated carbocycles. The lowest BCUT2D eigenvalue weighted by Gasteiger charge is -2.25. The summed E-state index contributed by atoms with van der Waals surface area (Å²) in [5.74, 6) is -2.05. The summed E-state index contributed by atoms with van der Waals surface area (Å²) in [6.45, 7) is 4.72. The summed E-state index contributed by atoms with van der Waals surface area (Å²) in [5.41, 5.74) is 0. The summed E-state index contributed by atoms with van der Waals surface area (Å²) in [6.07, 6.45) is 77.4. The Hall–Kier alpha value is -4.05. The van der Waals surface area contributed by atoms with E-state index in [0.29, 0.717) is 17.4 Å². The van der Waals surface area contributed by atoms with E-state index >= 15 is 0 Å². The highest BCUT2D eigenvalue weighted by Gasteiger charge is 2.25. The van der Waals surface area contributed by atoms with Crippen LogP contribution in [-0.2, 0) is 33.3 Å². The van der Waals surface area contributed by atoms with Crippen LogP contribution in [-0.4, -0.2) is 87.4 Å². The molecule has 2 unspecified atom stereocenters. The molecule has 440 valence electrons. The number of hydrogen-bond acceptors (Lipinski definition) is 7. The predicted molar refractivity (Wildman–Crippen MR) is 327 cm³/mol. The van der Waals surface area contributed by atoms with E-state index in [9.17, 15) is 19.5 Å². The first-order valence-corrected chi connectivity index (χ1v) is 31.1. The molecule has 0 aromatic carbocycles. The molecule has 1 N–H and O–H groups in total. The van der Waals surface area contributed by atoms with Crippen LogP contribution in [0.1, 0.15) is 245 Å². The summed E-state index contributed by atoms with van der Waals surface area (Å²) in [4.78, 5) is 37.5. The Balaban J connectivity index is 4.25. The Morgan fingerprint density at radius 2 is 0.740 bits per heavy atom. The third-order valence-corrected chi connectivity index (χ3v) is 13.0. The first-order valence-electron chi connectivity index (χ1n) is 31.1. The molecule has 0 bridgehead atoms. The quantitative estimate of drug-likeness (QED) is 0.0211. The van der Waals surface area contributed by atoms with Crippen molar-refractivity contribution in [1.29, 1.82) is 0 Å². The standard InChI is InChI=1S/C68H115NO8/c1-6-8-10-12-14-16-18-20-22-24-26-28-30-31-32-33-34-35-37-38-40-42-44-46-48-50-52-54-56-58-65(70)75-62-64(63-76-68(67(72)73)74-61-60-69(3,4)5)77-66(71)59-57-55-53-51-49-47-45-43-41-39-36-29-27-25-23-21-19-17-15-13-11-9-7-2/h9,11,15,17-18,20-21,23-24,26-27,29-31,39,41,45,47,64,68H,6-8,10,12-14,16,19,22,25,28,32-38,40,42-44,46,48-63H2,1-5H3/p+1/b11-9-,17-15-,20-18-,23-21-,26-24-,29-27-,31-30-,41-39-,47-45-. The van der Waals surface area contributed by atoms with Gasteiger partial charge >= 0.3 is 17.9 Å². The number of allylic oxidation sites excluding steroid dienone is 18. The second kappa shape index (κ2) is 58.1. The zero-order valence-electron chi connectivity index (χ0n) is 50.1. The van der Waals surface area contributed by atoms with Gasteiger partial charge in [0.1, 0.15) is 13.2 Å². The van der Waals surface area contributed by atoms with Gasteiger partial charge in [-0.05, 0) is 103 Å². The molecular formula is C68H116NO8+. The molecule has 0 aliphatic rings. The molecule has 0 amide bonds. The van der Waals surface area contributed by atoms with E-state index < -0.39 is 24.3 Å². The van der Waals surface area contributed by atoms with E-state index in [1.807, 2.05) is 21.1 Å². The molecule has 0 fully saturated rings. The Morgan fingerprint density at radius 1 is 0.403 bits per heavy atom. The number of ether oxygens (including phenoxy) is 4. The lowest BCUT2D eigenvalue weighted by molar-refractivity contribution is -0.870. The van der Waals surface area contributed by atoms with Gasteiger partial charge in [-0.2, -0.15) is 0 Å². The number of likely N-dealkylation sites (N-methyl/N-ethyl adjacent to an activating group) is 1. The normalized spacial score (nSPS) is 13.5. The third-order valence-electron chi connectivity index (χ3n) is 13.0. The molecule has 77 heavy (non-hydrogen) atoms. The number of rotatable bonds is 56. The molecule has 0 rings (SSSR count). The average Bonchev–Trinajstić information content (AvgIpc) is 3.40. The van der Waals surface area contributed by atoms with Crippen molar-refractivity contribution < 1.29 is 42.9 Å². The van der Waals surface area contributed by atoms with Gasteiger partial charge in [0.15, 0.2) is 6.10 Å². The van der Waals surface area contributed by atoms with E-state index in [2.05, 4.69) is 123 Å². The summed E-state index contributed by atoms with van der Waals surface area (Å²) >= 11 is 0. The molecule has 0 aromatic heterocycles. The van der Waals surface area contributed by atoms with Crippen molar-refractivity contribution in [3.05, 3.63) is 109 Å². The van der Waals surface area contributed by atoms with Crippen molar-refractivity contribution in [2.45, 2.75) is 257 Å².